The lowest BCUT2D eigenvalue weighted by Gasteiger charge is -2.14. The number of rotatable bonds is 6. The molecule has 0 atom stereocenters. The molecule has 0 fully saturated rings. The molecule has 0 aliphatic carbocycles. The lowest BCUT2D eigenvalue weighted by molar-refractivity contribution is -0.146. The van der Waals surface area contributed by atoms with Crippen LogP contribution in [0.3, 0.4) is 0 Å². The van der Waals surface area contributed by atoms with Gasteiger partial charge in [-0.1, -0.05) is 17.3 Å². The first kappa shape index (κ1) is 18.6. The van der Waals surface area contributed by atoms with Crippen LogP contribution >= 0.6 is 11.3 Å². The fourth-order valence-corrected chi connectivity index (χ4v) is 3.35. The fraction of sp³-hybridized carbons (Fsp3) is 0.294. The van der Waals surface area contributed by atoms with Crippen LogP contribution in [0.4, 0.5) is 5.13 Å². The lowest BCUT2D eigenvalue weighted by atomic mass is 10.2. The van der Waals surface area contributed by atoms with E-state index in [1.807, 2.05) is 6.92 Å². The predicted molar refractivity (Wildman–Crippen MR) is 99.4 cm³/mol. The molecule has 0 unspecified atom stereocenters. The summed E-state index contributed by atoms with van der Waals surface area (Å²) < 4.78 is 6.12. The third-order valence-electron chi connectivity index (χ3n) is 3.76. The van der Waals surface area contributed by atoms with Crippen LogP contribution in [0.25, 0.3) is 10.9 Å². The molecule has 3 aromatic rings. The van der Waals surface area contributed by atoms with Gasteiger partial charge in [-0.2, -0.15) is 4.68 Å². The summed E-state index contributed by atoms with van der Waals surface area (Å²) in [5, 5.41) is 10.3. The van der Waals surface area contributed by atoms with Gasteiger partial charge in [-0.15, -0.1) is 16.4 Å². The highest BCUT2D eigenvalue weighted by atomic mass is 32.1. The van der Waals surface area contributed by atoms with Crippen LogP contribution in [0.15, 0.2) is 34.4 Å². The number of fused-ring (bicyclic) bond motifs is 1. The van der Waals surface area contributed by atoms with Crippen molar-refractivity contribution < 1.29 is 14.3 Å². The summed E-state index contributed by atoms with van der Waals surface area (Å²) in [4.78, 5) is 41.7. The van der Waals surface area contributed by atoms with Crippen molar-refractivity contribution in [3.05, 3.63) is 45.7 Å². The number of anilines is 1. The van der Waals surface area contributed by atoms with Gasteiger partial charge in [0.05, 0.1) is 11.1 Å². The Morgan fingerprint density at radius 2 is 2.07 bits per heavy atom. The first-order chi connectivity index (χ1) is 13.0. The zero-order valence-corrected chi connectivity index (χ0v) is 15.6. The summed E-state index contributed by atoms with van der Waals surface area (Å²) in [5.74, 6) is -0.736. The molecule has 1 aromatic carbocycles. The maximum absolute atomic E-state index is 12.3. The van der Waals surface area contributed by atoms with Crippen LogP contribution in [-0.4, -0.2) is 38.4 Å². The van der Waals surface area contributed by atoms with Crippen molar-refractivity contribution in [3.63, 3.8) is 0 Å². The average molecular weight is 387 g/mol. The number of nitrogens with zero attached hydrogens (tertiary/aromatic N) is 5. The predicted octanol–water partition coefficient (Wildman–Crippen LogP) is 1.36. The van der Waals surface area contributed by atoms with Crippen molar-refractivity contribution in [2.45, 2.75) is 27.0 Å². The minimum atomic E-state index is -0.629. The van der Waals surface area contributed by atoms with E-state index in [9.17, 15) is 14.4 Å². The van der Waals surface area contributed by atoms with Crippen molar-refractivity contribution in [3.8, 4) is 0 Å². The molecule has 0 bridgehead atoms. The third-order valence-corrected chi connectivity index (χ3v) is 4.67. The van der Waals surface area contributed by atoms with E-state index in [1.165, 1.54) is 23.2 Å². The van der Waals surface area contributed by atoms with Gasteiger partial charge in [-0.05, 0) is 19.1 Å². The number of carbonyl (C=O) groups is 2. The molecular formula is C17H17N5O4S. The summed E-state index contributed by atoms with van der Waals surface area (Å²) in [6.07, 6.45) is 0. The van der Waals surface area contributed by atoms with Crippen LogP contribution in [0.5, 0.6) is 0 Å². The summed E-state index contributed by atoms with van der Waals surface area (Å²) in [6.45, 7) is 3.42. The minimum absolute atomic E-state index is 0.0550. The number of carbonyl (C=O) groups excluding carboxylic acids is 2. The number of esters is 1. The van der Waals surface area contributed by atoms with Crippen LogP contribution in [0.1, 0.15) is 19.5 Å². The van der Waals surface area contributed by atoms with Crippen LogP contribution in [-0.2, 0) is 27.5 Å². The summed E-state index contributed by atoms with van der Waals surface area (Å²) in [7, 11) is 0. The van der Waals surface area contributed by atoms with E-state index in [4.69, 9.17) is 4.74 Å². The number of hydrogen-bond acceptors (Lipinski definition) is 8. The summed E-state index contributed by atoms with van der Waals surface area (Å²) >= 11 is 1.30. The summed E-state index contributed by atoms with van der Waals surface area (Å²) in [6, 6.07) is 6.77. The molecule has 140 valence electrons. The van der Waals surface area contributed by atoms with E-state index >= 15 is 0 Å². The van der Waals surface area contributed by atoms with E-state index in [0.717, 1.165) is 4.68 Å². The maximum atomic E-state index is 12.3. The number of ether oxygens (including phenoxy) is 1. The van der Waals surface area contributed by atoms with Gasteiger partial charge in [-0.25, -0.2) is 4.98 Å². The molecule has 2 heterocycles. The highest BCUT2D eigenvalue weighted by molar-refractivity contribution is 7.14. The van der Waals surface area contributed by atoms with Crippen molar-refractivity contribution in [2.75, 3.05) is 11.4 Å². The Labute approximate surface area is 158 Å². The average Bonchev–Trinajstić information content (AvgIpc) is 3.11. The molecule has 27 heavy (non-hydrogen) atoms. The molecule has 0 saturated heterocycles. The first-order valence-electron chi connectivity index (χ1n) is 8.20. The first-order valence-corrected chi connectivity index (χ1v) is 9.08. The second-order valence-electron chi connectivity index (χ2n) is 5.61. The van der Waals surface area contributed by atoms with E-state index < -0.39 is 11.5 Å². The van der Waals surface area contributed by atoms with Crippen LogP contribution in [0, 0.1) is 0 Å². The van der Waals surface area contributed by atoms with Crippen molar-refractivity contribution >= 4 is 39.2 Å². The molecule has 0 aliphatic rings. The molecule has 2 aromatic heterocycles. The molecule has 9 nitrogen and oxygen atoms in total. The number of thiazole rings is 1. The Bertz CT molecular complexity index is 1040. The summed E-state index contributed by atoms with van der Waals surface area (Å²) in [5.41, 5.74) is 0.585. The van der Waals surface area contributed by atoms with Crippen molar-refractivity contribution in [2.24, 2.45) is 0 Å². The second kappa shape index (κ2) is 8.04. The van der Waals surface area contributed by atoms with E-state index in [0.29, 0.717) is 28.3 Å². The highest BCUT2D eigenvalue weighted by Gasteiger charge is 2.15. The Hall–Kier alpha value is -3.14. The quantitative estimate of drug-likeness (QED) is 0.588. The third kappa shape index (κ3) is 4.17. The van der Waals surface area contributed by atoms with Gasteiger partial charge in [0.25, 0.3) is 5.56 Å². The topological polar surface area (TPSA) is 107 Å². The van der Waals surface area contributed by atoms with Crippen molar-refractivity contribution in [1.82, 2.24) is 20.0 Å². The van der Waals surface area contributed by atoms with E-state index in [-0.39, 0.29) is 19.1 Å². The molecule has 1 amide bonds. The monoisotopic (exact) mass is 387 g/mol. The molecule has 0 radical (unpaired) electrons. The minimum Gasteiger partial charge on any atom is -0.458 e. The van der Waals surface area contributed by atoms with Gasteiger partial charge in [0, 0.05) is 18.8 Å². The Morgan fingerprint density at radius 1 is 1.30 bits per heavy atom. The molecule has 0 aliphatic heterocycles. The molecule has 0 saturated carbocycles. The standard InChI is InChI=1S/C17H17N5O4S/c1-3-21(11(2)23)17-18-12(10-27-17)9-26-15(24)8-22-16(25)13-6-4-5-7-14(13)19-20-22/h4-7,10H,3,8-9H2,1-2H3. The molecule has 10 heteroatoms. The Balaban J connectivity index is 1.64. The fourth-order valence-electron chi connectivity index (χ4n) is 2.43. The maximum Gasteiger partial charge on any atom is 0.328 e. The Kier molecular flexibility index (Phi) is 5.55. The van der Waals surface area contributed by atoms with Crippen molar-refractivity contribution in [1.29, 1.82) is 0 Å². The number of aromatic nitrogens is 4. The zero-order valence-electron chi connectivity index (χ0n) is 14.8. The smallest absolute Gasteiger partial charge is 0.328 e. The number of benzene rings is 1. The van der Waals surface area contributed by atoms with E-state index in [2.05, 4.69) is 15.3 Å². The lowest BCUT2D eigenvalue weighted by Crippen LogP contribution is -2.28. The van der Waals surface area contributed by atoms with Gasteiger partial charge in [0.1, 0.15) is 18.7 Å². The zero-order chi connectivity index (χ0) is 19.4. The van der Waals surface area contributed by atoms with Gasteiger partial charge in [0.15, 0.2) is 5.13 Å². The second-order valence-corrected chi connectivity index (χ2v) is 6.45. The number of amides is 1. The van der Waals surface area contributed by atoms with Gasteiger partial charge in [0.2, 0.25) is 5.91 Å². The van der Waals surface area contributed by atoms with Crippen LogP contribution < -0.4 is 10.5 Å². The number of hydrogen-bond donors (Lipinski definition) is 0. The normalized spacial score (nSPS) is 10.7. The van der Waals surface area contributed by atoms with Gasteiger partial charge in [-0.3, -0.25) is 19.3 Å². The van der Waals surface area contributed by atoms with Crippen LogP contribution in [0.2, 0.25) is 0 Å². The molecule has 0 N–H and O–H groups in total. The molecule has 3 rings (SSSR count). The Morgan fingerprint density at radius 3 is 2.81 bits per heavy atom. The molecular weight excluding hydrogens is 370 g/mol. The van der Waals surface area contributed by atoms with Gasteiger partial charge < -0.3 is 4.74 Å². The SMILES string of the molecule is CCN(C(C)=O)c1nc(COC(=O)Cn2nnc3ccccc3c2=O)cs1. The largest absolute Gasteiger partial charge is 0.458 e. The van der Waals surface area contributed by atoms with Gasteiger partial charge >= 0.3 is 5.97 Å². The molecule has 0 spiro atoms. The van der Waals surface area contributed by atoms with E-state index in [1.54, 1.807) is 29.6 Å². The highest BCUT2D eigenvalue weighted by Crippen LogP contribution is 2.21.